The zero-order valence-corrected chi connectivity index (χ0v) is 14.2. The van der Waals surface area contributed by atoms with Crippen molar-refractivity contribution in [2.45, 2.75) is 0 Å². The van der Waals surface area contributed by atoms with Gasteiger partial charge >= 0.3 is 0 Å². The first-order valence-corrected chi connectivity index (χ1v) is 7.96. The molecule has 114 valence electrons. The monoisotopic (exact) mass is 416 g/mol. The second-order valence-electron chi connectivity index (χ2n) is 4.81. The molecule has 6 heteroatoms. The summed E-state index contributed by atoms with van der Waals surface area (Å²) in [6.07, 6.45) is 1.61. The molecule has 23 heavy (non-hydrogen) atoms. The summed E-state index contributed by atoms with van der Waals surface area (Å²) in [5, 5.41) is 3.40. The lowest BCUT2D eigenvalue weighted by molar-refractivity contribution is 0.0978. The Morgan fingerprint density at radius 3 is 2.70 bits per heavy atom. The number of nitrogens with two attached hydrogens (primary N) is 1. The van der Waals surface area contributed by atoms with Crippen LogP contribution in [-0.2, 0) is 0 Å². The Morgan fingerprint density at radius 2 is 1.91 bits per heavy atom. The number of carbonyl (C=O) groups excluding carboxylic acids is 1. The number of halogens is 1. The smallest absolute Gasteiger partial charge is 0.258 e. The van der Waals surface area contributed by atoms with E-state index in [4.69, 9.17) is 5.73 Å². The maximum atomic E-state index is 12.5. The highest BCUT2D eigenvalue weighted by molar-refractivity contribution is 14.1. The van der Waals surface area contributed by atoms with Crippen molar-refractivity contribution < 1.29 is 4.79 Å². The topological polar surface area (TPSA) is 80.4 Å². The van der Waals surface area contributed by atoms with Crippen LogP contribution in [0.25, 0.3) is 10.9 Å². The lowest BCUT2D eigenvalue weighted by Crippen LogP contribution is -2.36. The second kappa shape index (κ2) is 6.74. The van der Waals surface area contributed by atoms with Gasteiger partial charge in [0.25, 0.3) is 5.91 Å². The summed E-state index contributed by atoms with van der Waals surface area (Å²) >= 11 is 2.20. The largest absolute Gasteiger partial charge is 0.369 e. The molecule has 1 amide bonds. The SMILES string of the molecule is NC(=Nc1ccccc1)NC(=O)c1ccnc2ccc(I)cc12. The van der Waals surface area contributed by atoms with Crippen LogP contribution in [0.2, 0.25) is 0 Å². The number of aliphatic imine (C=N–C) groups is 1. The van der Waals surface area contributed by atoms with E-state index in [2.05, 4.69) is 37.9 Å². The molecule has 0 aliphatic carbocycles. The molecule has 1 heterocycles. The normalized spacial score (nSPS) is 11.4. The number of guanidine groups is 1. The van der Waals surface area contributed by atoms with Crippen LogP contribution in [0.15, 0.2) is 65.8 Å². The molecule has 2 aromatic carbocycles. The fourth-order valence-corrected chi connectivity index (χ4v) is 2.66. The number of amides is 1. The molecule has 0 saturated heterocycles. The van der Waals surface area contributed by atoms with E-state index in [0.29, 0.717) is 11.3 Å². The van der Waals surface area contributed by atoms with E-state index in [1.165, 1.54) is 0 Å². The molecule has 3 N–H and O–H groups in total. The fourth-order valence-electron chi connectivity index (χ4n) is 2.17. The van der Waals surface area contributed by atoms with Crippen molar-refractivity contribution in [1.29, 1.82) is 0 Å². The number of para-hydroxylation sites is 1. The van der Waals surface area contributed by atoms with Gasteiger partial charge in [-0.15, -0.1) is 0 Å². The maximum Gasteiger partial charge on any atom is 0.258 e. The third kappa shape index (κ3) is 3.65. The molecule has 0 atom stereocenters. The van der Waals surface area contributed by atoms with Crippen LogP contribution in [0.3, 0.4) is 0 Å². The first-order chi connectivity index (χ1) is 11.1. The minimum Gasteiger partial charge on any atom is -0.369 e. The number of carbonyl (C=O) groups is 1. The summed E-state index contributed by atoms with van der Waals surface area (Å²) in [5.74, 6) is -0.256. The highest BCUT2D eigenvalue weighted by Gasteiger charge is 2.12. The van der Waals surface area contributed by atoms with Crippen LogP contribution in [0.5, 0.6) is 0 Å². The highest BCUT2D eigenvalue weighted by atomic mass is 127. The molecular formula is C17H13IN4O. The second-order valence-corrected chi connectivity index (χ2v) is 6.05. The van der Waals surface area contributed by atoms with Gasteiger partial charge in [-0.3, -0.25) is 15.1 Å². The zero-order valence-electron chi connectivity index (χ0n) is 12.0. The molecule has 0 radical (unpaired) electrons. The summed E-state index contributed by atoms with van der Waals surface area (Å²) in [7, 11) is 0. The van der Waals surface area contributed by atoms with Gasteiger partial charge in [0.05, 0.1) is 16.8 Å². The number of pyridine rings is 1. The van der Waals surface area contributed by atoms with Gasteiger partial charge in [-0.05, 0) is 59.0 Å². The van der Waals surface area contributed by atoms with Crippen molar-refractivity contribution in [3.05, 3.63) is 69.9 Å². The lowest BCUT2D eigenvalue weighted by atomic mass is 10.1. The zero-order chi connectivity index (χ0) is 16.2. The molecule has 5 nitrogen and oxygen atoms in total. The van der Waals surface area contributed by atoms with Crippen LogP contribution in [0.4, 0.5) is 5.69 Å². The van der Waals surface area contributed by atoms with Gasteiger partial charge < -0.3 is 5.73 Å². The summed E-state index contributed by atoms with van der Waals surface area (Å²) in [4.78, 5) is 20.9. The fraction of sp³-hybridized carbons (Fsp3) is 0. The van der Waals surface area contributed by atoms with Crippen molar-refractivity contribution in [1.82, 2.24) is 10.3 Å². The summed E-state index contributed by atoms with van der Waals surface area (Å²) < 4.78 is 1.03. The predicted molar refractivity (Wildman–Crippen MR) is 99.7 cm³/mol. The van der Waals surface area contributed by atoms with Gasteiger partial charge in [0, 0.05) is 15.2 Å². The van der Waals surface area contributed by atoms with Gasteiger partial charge in [0.2, 0.25) is 5.96 Å². The third-order valence-corrected chi connectivity index (χ3v) is 3.87. The van der Waals surface area contributed by atoms with Gasteiger partial charge in [0.1, 0.15) is 0 Å². The number of aromatic nitrogens is 1. The van der Waals surface area contributed by atoms with E-state index >= 15 is 0 Å². The Labute approximate surface area is 146 Å². The van der Waals surface area contributed by atoms with Crippen molar-refractivity contribution >= 4 is 51.0 Å². The molecular weight excluding hydrogens is 403 g/mol. The van der Waals surface area contributed by atoms with Gasteiger partial charge in [0.15, 0.2) is 0 Å². The number of benzene rings is 2. The van der Waals surface area contributed by atoms with E-state index in [1.807, 2.05) is 48.5 Å². The first kappa shape index (κ1) is 15.4. The lowest BCUT2D eigenvalue weighted by Gasteiger charge is -2.07. The van der Waals surface area contributed by atoms with Crippen LogP contribution in [0.1, 0.15) is 10.4 Å². The Balaban J connectivity index is 1.89. The van der Waals surface area contributed by atoms with E-state index in [9.17, 15) is 4.79 Å². The maximum absolute atomic E-state index is 12.5. The van der Waals surface area contributed by atoms with Crippen molar-refractivity contribution in [2.75, 3.05) is 0 Å². The Kier molecular flexibility index (Phi) is 4.52. The minimum atomic E-state index is -0.309. The third-order valence-electron chi connectivity index (χ3n) is 3.20. The number of rotatable bonds is 2. The van der Waals surface area contributed by atoms with Crippen LogP contribution >= 0.6 is 22.6 Å². The molecule has 3 aromatic rings. The van der Waals surface area contributed by atoms with Crippen molar-refractivity contribution in [3.8, 4) is 0 Å². The number of hydrogen-bond donors (Lipinski definition) is 2. The number of nitrogens with zero attached hydrogens (tertiary/aromatic N) is 2. The predicted octanol–water partition coefficient (Wildman–Crippen LogP) is 3.22. The van der Waals surface area contributed by atoms with Gasteiger partial charge in [-0.2, -0.15) is 0 Å². The molecule has 1 aromatic heterocycles. The molecule has 0 bridgehead atoms. The highest BCUT2D eigenvalue weighted by Crippen LogP contribution is 2.19. The van der Waals surface area contributed by atoms with Gasteiger partial charge in [-0.1, -0.05) is 18.2 Å². The number of nitrogens with one attached hydrogen (secondary N) is 1. The summed E-state index contributed by atoms with van der Waals surface area (Å²) in [5.41, 5.74) is 7.77. The molecule has 3 rings (SSSR count). The van der Waals surface area contributed by atoms with E-state index in [-0.39, 0.29) is 11.9 Å². The average molecular weight is 416 g/mol. The van der Waals surface area contributed by atoms with Crippen molar-refractivity contribution in [3.63, 3.8) is 0 Å². The van der Waals surface area contributed by atoms with E-state index in [0.717, 1.165) is 14.5 Å². The minimum absolute atomic E-state index is 0.0526. The van der Waals surface area contributed by atoms with Crippen LogP contribution in [0, 0.1) is 3.57 Å². The molecule has 0 spiro atoms. The van der Waals surface area contributed by atoms with Crippen molar-refractivity contribution in [2.24, 2.45) is 10.7 Å². The van der Waals surface area contributed by atoms with Crippen LogP contribution < -0.4 is 11.1 Å². The quantitative estimate of drug-likeness (QED) is 0.383. The standard InChI is InChI=1S/C17H13IN4O/c18-11-6-7-15-14(10-11)13(8-9-20-15)16(23)22-17(19)21-12-4-2-1-3-5-12/h1-10H,(H3,19,21,22,23). The molecule has 0 aliphatic heterocycles. The summed E-state index contributed by atoms with van der Waals surface area (Å²) in [6, 6.07) is 16.6. The number of hydrogen-bond acceptors (Lipinski definition) is 3. The van der Waals surface area contributed by atoms with E-state index in [1.54, 1.807) is 12.3 Å². The van der Waals surface area contributed by atoms with Crippen LogP contribution in [-0.4, -0.2) is 16.9 Å². The molecule has 0 unspecified atom stereocenters. The van der Waals surface area contributed by atoms with E-state index < -0.39 is 0 Å². The number of fused-ring (bicyclic) bond motifs is 1. The van der Waals surface area contributed by atoms with Gasteiger partial charge in [-0.25, -0.2) is 4.99 Å². The molecule has 0 aliphatic rings. The average Bonchev–Trinajstić information content (AvgIpc) is 2.55. The first-order valence-electron chi connectivity index (χ1n) is 6.88. The summed E-state index contributed by atoms with van der Waals surface area (Å²) in [6.45, 7) is 0. The Hall–Kier alpha value is -2.48. The Bertz CT molecular complexity index is 893. The molecule has 0 fully saturated rings. The molecule has 0 saturated carbocycles. The Morgan fingerprint density at radius 1 is 1.13 bits per heavy atom.